The number of nitrogens with one attached hydrogen (secondary N) is 1. The summed E-state index contributed by atoms with van der Waals surface area (Å²) in [5.74, 6) is 0.850. The van der Waals surface area contributed by atoms with Crippen LogP contribution in [0.3, 0.4) is 0 Å². The Morgan fingerprint density at radius 1 is 1.11 bits per heavy atom. The van der Waals surface area contributed by atoms with Crippen LogP contribution in [0.1, 0.15) is 31.4 Å². The van der Waals surface area contributed by atoms with Gasteiger partial charge in [-0.05, 0) is 30.5 Å². The molecule has 1 atom stereocenters. The first-order chi connectivity index (χ1) is 13.5. The van der Waals surface area contributed by atoms with Crippen LogP contribution >= 0.6 is 23.4 Å². The van der Waals surface area contributed by atoms with Crippen LogP contribution in [0.2, 0.25) is 5.02 Å². The van der Waals surface area contributed by atoms with Crippen molar-refractivity contribution in [1.29, 1.82) is 0 Å². The highest BCUT2D eigenvalue weighted by Gasteiger charge is 2.26. The minimum Gasteiger partial charge on any atom is -0.354 e. The van der Waals surface area contributed by atoms with Gasteiger partial charge >= 0.3 is 0 Å². The number of carbonyl (C=O) groups excluding carboxylic acids is 2. The van der Waals surface area contributed by atoms with Crippen LogP contribution in [0.5, 0.6) is 0 Å². The molecular weight excluding hydrogens is 392 g/mol. The number of hydrogen-bond acceptors (Lipinski definition) is 3. The lowest BCUT2D eigenvalue weighted by molar-refractivity contribution is -0.138. The molecule has 0 radical (unpaired) electrons. The molecule has 2 amide bonds. The van der Waals surface area contributed by atoms with Gasteiger partial charge in [0.15, 0.2) is 0 Å². The molecule has 0 heterocycles. The van der Waals surface area contributed by atoms with Crippen molar-refractivity contribution in [3.05, 3.63) is 70.7 Å². The number of thioether (sulfide) groups is 1. The van der Waals surface area contributed by atoms with E-state index in [1.54, 1.807) is 29.7 Å². The van der Waals surface area contributed by atoms with E-state index in [0.717, 1.165) is 17.7 Å². The highest BCUT2D eigenvalue weighted by atomic mass is 35.5. The molecule has 0 aliphatic rings. The molecule has 2 aromatic rings. The molecule has 4 nitrogen and oxygen atoms in total. The molecule has 2 rings (SSSR count). The maximum Gasteiger partial charge on any atom is 0.242 e. The van der Waals surface area contributed by atoms with Crippen LogP contribution < -0.4 is 5.32 Å². The monoisotopic (exact) mass is 418 g/mol. The first-order valence-electron chi connectivity index (χ1n) is 9.45. The minimum atomic E-state index is -0.562. The summed E-state index contributed by atoms with van der Waals surface area (Å²) in [6, 6.07) is 16.9. The molecule has 0 spiro atoms. The lowest BCUT2D eigenvalue weighted by Gasteiger charge is -2.29. The fraction of sp³-hybridized carbons (Fsp3) is 0.364. The van der Waals surface area contributed by atoms with Gasteiger partial charge in [-0.3, -0.25) is 9.59 Å². The molecule has 0 aliphatic carbocycles. The molecule has 0 aromatic heterocycles. The predicted molar refractivity (Wildman–Crippen MR) is 117 cm³/mol. The summed E-state index contributed by atoms with van der Waals surface area (Å²) in [6.07, 6.45) is 0.851. The number of rotatable bonds is 10. The van der Waals surface area contributed by atoms with E-state index >= 15 is 0 Å². The van der Waals surface area contributed by atoms with Gasteiger partial charge < -0.3 is 10.2 Å². The molecule has 0 saturated heterocycles. The van der Waals surface area contributed by atoms with Crippen molar-refractivity contribution >= 4 is 35.2 Å². The molecule has 0 fully saturated rings. The fourth-order valence-electron chi connectivity index (χ4n) is 2.70. The Morgan fingerprint density at radius 2 is 1.79 bits per heavy atom. The van der Waals surface area contributed by atoms with Gasteiger partial charge in [0.05, 0.1) is 5.75 Å². The molecule has 6 heteroatoms. The Balaban J connectivity index is 2.06. The SMILES string of the molecule is CCCNC(=O)[C@@H](C)N(Cc1ccccc1Cl)C(=O)CSCc1ccccc1. The van der Waals surface area contributed by atoms with E-state index in [1.165, 1.54) is 5.56 Å². The quantitative estimate of drug-likeness (QED) is 0.617. The van der Waals surface area contributed by atoms with Gasteiger partial charge in [-0.15, -0.1) is 11.8 Å². The Bertz CT molecular complexity index is 770. The van der Waals surface area contributed by atoms with Crippen LogP contribution in [0.4, 0.5) is 0 Å². The molecule has 0 saturated carbocycles. The number of hydrogen-bond donors (Lipinski definition) is 1. The van der Waals surface area contributed by atoms with E-state index in [4.69, 9.17) is 11.6 Å². The molecular formula is C22H27ClN2O2S. The molecule has 2 aromatic carbocycles. The third kappa shape index (κ3) is 6.88. The van der Waals surface area contributed by atoms with E-state index in [0.29, 0.717) is 23.9 Å². The summed E-state index contributed by atoms with van der Waals surface area (Å²) in [6.45, 7) is 4.67. The number of halogens is 1. The molecule has 28 heavy (non-hydrogen) atoms. The second kappa shape index (κ2) is 11.8. The number of amides is 2. The average molecular weight is 419 g/mol. The van der Waals surface area contributed by atoms with Gasteiger partial charge in [-0.1, -0.05) is 67.1 Å². The smallest absolute Gasteiger partial charge is 0.242 e. The zero-order valence-electron chi connectivity index (χ0n) is 16.4. The molecule has 1 N–H and O–H groups in total. The van der Waals surface area contributed by atoms with Crippen LogP contribution in [0.25, 0.3) is 0 Å². The van der Waals surface area contributed by atoms with Crippen molar-refractivity contribution in [1.82, 2.24) is 10.2 Å². The number of benzene rings is 2. The van der Waals surface area contributed by atoms with Gasteiger partial charge in [0.25, 0.3) is 0 Å². The Morgan fingerprint density at radius 3 is 2.46 bits per heavy atom. The normalized spacial score (nSPS) is 11.7. The largest absolute Gasteiger partial charge is 0.354 e. The van der Waals surface area contributed by atoms with Crippen LogP contribution in [-0.2, 0) is 21.9 Å². The lowest BCUT2D eigenvalue weighted by Crippen LogP contribution is -2.48. The zero-order chi connectivity index (χ0) is 20.4. The fourth-order valence-corrected chi connectivity index (χ4v) is 3.77. The Labute approximate surface area is 176 Å². The topological polar surface area (TPSA) is 49.4 Å². The second-order valence-corrected chi connectivity index (χ2v) is 7.95. The lowest BCUT2D eigenvalue weighted by atomic mass is 10.1. The summed E-state index contributed by atoms with van der Waals surface area (Å²) in [5.41, 5.74) is 2.01. The van der Waals surface area contributed by atoms with Crippen LogP contribution in [-0.4, -0.2) is 35.1 Å². The summed E-state index contributed by atoms with van der Waals surface area (Å²) < 4.78 is 0. The first kappa shape index (κ1) is 22.3. The first-order valence-corrected chi connectivity index (χ1v) is 11.0. The zero-order valence-corrected chi connectivity index (χ0v) is 17.9. The maximum absolute atomic E-state index is 13.0. The van der Waals surface area contributed by atoms with Crippen LogP contribution in [0, 0.1) is 0 Å². The Kier molecular flexibility index (Phi) is 9.38. The van der Waals surface area contributed by atoms with E-state index in [-0.39, 0.29) is 11.8 Å². The van der Waals surface area contributed by atoms with E-state index in [9.17, 15) is 9.59 Å². The summed E-state index contributed by atoms with van der Waals surface area (Å²) in [4.78, 5) is 27.0. The van der Waals surface area contributed by atoms with Gasteiger partial charge in [-0.25, -0.2) is 0 Å². The highest BCUT2D eigenvalue weighted by Crippen LogP contribution is 2.20. The predicted octanol–water partition coefficient (Wildman–Crippen LogP) is 4.52. The van der Waals surface area contributed by atoms with Crippen molar-refractivity contribution in [3.8, 4) is 0 Å². The average Bonchev–Trinajstić information content (AvgIpc) is 2.71. The highest BCUT2D eigenvalue weighted by molar-refractivity contribution is 7.99. The minimum absolute atomic E-state index is 0.0694. The van der Waals surface area contributed by atoms with Crippen molar-refractivity contribution in [2.45, 2.75) is 38.6 Å². The van der Waals surface area contributed by atoms with Crippen LogP contribution in [0.15, 0.2) is 54.6 Å². The van der Waals surface area contributed by atoms with Gasteiger partial charge in [0, 0.05) is 23.9 Å². The van der Waals surface area contributed by atoms with E-state index < -0.39 is 6.04 Å². The summed E-state index contributed by atoms with van der Waals surface area (Å²) in [5, 5.41) is 3.47. The third-order valence-electron chi connectivity index (χ3n) is 4.35. The maximum atomic E-state index is 13.0. The van der Waals surface area contributed by atoms with Gasteiger partial charge in [0.2, 0.25) is 11.8 Å². The molecule has 0 unspecified atom stereocenters. The molecule has 150 valence electrons. The summed E-state index contributed by atoms with van der Waals surface area (Å²) in [7, 11) is 0. The summed E-state index contributed by atoms with van der Waals surface area (Å²) >= 11 is 7.83. The van der Waals surface area contributed by atoms with Crippen molar-refractivity contribution < 1.29 is 9.59 Å². The number of nitrogens with zero attached hydrogens (tertiary/aromatic N) is 1. The molecule has 0 bridgehead atoms. The van der Waals surface area contributed by atoms with Gasteiger partial charge in [0.1, 0.15) is 6.04 Å². The van der Waals surface area contributed by atoms with Crippen molar-refractivity contribution in [2.75, 3.05) is 12.3 Å². The van der Waals surface area contributed by atoms with E-state index in [1.807, 2.05) is 55.5 Å². The standard InChI is InChI=1S/C22H27ClN2O2S/c1-3-13-24-22(27)17(2)25(14-19-11-7-8-12-20(19)23)21(26)16-28-15-18-9-5-4-6-10-18/h4-12,17H,3,13-16H2,1-2H3,(H,24,27)/t17-/m1/s1. The Hall–Kier alpha value is -1.98. The van der Waals surface area contributed by atoms with Crippen molar-refractivity contribution in [3.63, 3.8) is 0 Å². The van der Waals surface area contributed by atoms with Gasteiger partial charge in [-0.2, -0.15) is 0 Å². The third-order valence-corrected chi connectivity index (χ3v) is 5.71. The second-order valence-electron chi connectivity index (χ2n) is 6.56. The van der Waals surface area contributed by atoms with E-state index in [2.05, 4.69) is 5.32 Å². The molecule has 0 aliphatic heterocycles. The van der Waals surface area contributed by atoms with Crippen molar-refractivity contribution in [2.24, 2.45) is 0 Å². The number of carbonyl (C=O) groups is 2.